The summed E-state index contributed by atoms with van der Waals surface area (Å²) in [6.45, 7) is 2.06. The van der Waals surface area contributed by atoms with Crippen molar-refractivity contribution in [2.24, 2.45) is 0 Å². The normalized spacial score (nSPS) is 19.2. The molecule has 1 atom stereocenters. The van der Waals surface area contributed by atoms with E-state index in [4.69, 9.17) is 16.3 Å². The second-order valence-corrected chi connectivity index (χ2v) is 7.64. The van der Waals surface area contributed by atoms with E-state index in [1.165, 1.54) is 18.2 Å². The summed E-state index contributed by atoms with van der Waals surface area (Å²) in [6, 6.07) is 14.5. The number of benzene rings is 2. The molecule has 6 nitrogen and oxygen atoms in total. The van der Waals surface area contributed by atoms with E-state index in [-0.39, 0.29) is 6.03 Å². The molecule has 2 aromatic carbocycles. The fraction of sp³-hybridized carbons (Fsp3) is 0.273. The first-order valence-electron chi connectivity index (χ1n) is 9.48. The fourth-order valence-corrected chi connectivity index (χ4v) is 4.14. The predicted octanol–water partition coefficient (Wildman–Crippen LogP) is 3.18. The molecule has 29 heavy (non-hydrogen) atoms. The van der Waals surface area contributed by atoms with Crippen LogP contribution in [0.5, 0.6) is 0 Å². The molecular weight excluding hydrogens is 390 g/mol. The summed E-state index contributed by atoms with van der Waals surface area (Å²) in [5.74, 6) is -0.477. The van der Waals surface area contributed by atoms with Crippen molar-refractivity contribution in [2.75, 3.05) is 20.2 Å². The summed E-state index contributed by atoms with van der Waals surface area (Å²) in [5.41, 5.74) is 4.30. The first-order chi connectivity index (χ1) is 14.0. The molecule has 0 aromatic heterocycles. The molecule has 0 spiro atoms. The van der Waals surface area contributed by atoms with Gasteiger partial charge in [-0.2, -0.15) is 0 Å². The fourth-order valence-electron chi connectivity index (χ4n) is 3.94. The summed E-state index contributed by atoms with van der Waals surface area (Å²) in [4.78, 5) is 27.3. The summed E-state index contributed by atoms with van der Waals surface area (Å²) in [7, 11) is 1.34. The number of hydrogen-bond acceptors (Lipinski definition) is 4. The Kier molecular flexibility index (Phi) is 5.56. The number of amides is 2. The number of esters is 1. The summed E-state index contributed by atoms with van der Waals surface area (Å²) in [5, 5.41) is 6.18. The second-order valence-electron chi connectivity index (χ2n) is 7.20. The van der Waals surface area contributed by atoms with Crippen molar-refractivity contribution in [3.8, 4) is 0 Å². The Hall–Kier alpha value is -2.83. The van der Waals surface area contributed by atoms with Crippen LogP contribution in [-0.2, 0) is 22.5 Å². The van der Waals surface area contributed by atoms with E-state index in [1.807, 2.05) is 12.1 Å². The van der Waals surface area contributed by atoms with Crippen LogP contribution in [0, 0.1) is 0 Å². The van der Waals surface area contributed by atoms with E-state index in [2.05, 4.69) is 33.7 Å². The van der Waals surface area contributed by atoms with Gasteiger partial charge in [0.25, 0.3) is 0 Å². The quantitative estimate of drug-likeness (QED) is 0.758. The Morgan fingerprint density at radius 3 is 2.76 bits per heavy atom. The number of nitrogens with zero attached hydrogens (tertiary/aromatic N) is 1. The van der Waals surface area contributed by atoms with Crippen molar-refractivity contribution in [3.63, 3.8) is 0 Å². The lowest BCUT2D eigenvalue weighted by molar-refractivity contribution is -0.136. The van der Waals surface area contributed by atoms with Gasteiger partial charge in [-0.1, -0.05) is 48.0 Å². The molecule has 0 fully saturated rings. The number of carbonyl (C=O) groups is 2. The average molecular weight is 412 g/mol. The lowest BCUT2D eigenvalue weighted by Crippen LogP contribution is -2.48. The predicted molar refractivity (Wildman–Crippen MR) is 110 cm³/mol. The van der Waals surface area contributed by atoms with Gasteiger partial charge in [0.05, 0.1) is 18.7 Å². The molecule has 7 heteroatoms. The highest BCUT2D eigenvalue weighted by molar-refractivity contribution is 6.30. The first-order valence-corrected chi connectivity index (χ1v) is 9.86. The number of halogens is 1. The number of carbonyl (C=O) groups excluding carboxylic acids is 2. The van der Waals surface area contributed by atoms with Gasteiger partial charge in [0, 0.05) is 30.4 Å². The van der Waals surface area contributed by atoms with Gasteiger partial charge in [0.1, 0.15) is 0 Å². The molecule has 0 saturated carbocycles. The van der Waals surface area contributed by atoms with Crippen LogP contribution < -0.4 is 10.6 Å². The maximum absolute atomic E-state index is 12.7. The third-order valence-corrected chi connectivity index (χ3v) is 5.57. The minimum atomic E-state index is -0.623. The zero-order chi connectivity index (χ0) is 20.4. The number of methoxy groups -OCH3 is 1. The van der Waals surface area contributed by atoms with Crippen molar-refractivity contribution in [1.82, 2.24) is 15.5 Å². The van der Waals surface area contributed by atoms with Gasteiger partial charge in [-0.3, -0.25) is 4.90 Å². The van der Waals surface area contributed by atoms with Crippen molar-refractivity contribution in [2.45, 2.75) is 19.0 Å². The SMILES string of the molecule is COC(=O)C1=C(CN2CCc3ccccc3C2)NC(=O)N[C@@H]1c1cccc(Cl)c1. The maximum atomic E-state index is 12.7. The van der Waals surface area contributed by atoms with Crippen LogP contribution in [0.4, 0.5) is 4.79 Å². The Balaban J connectivity index is 1.68. The Morgan fingerprint density at radius 2 is 2.00 bits per heavy atom. The highest BCUT2D eigenvalue weighted by atomic mass is 35.5. The number of rotatable bonds is 4. The topological polar surface area (TPSA) is 70.7 Å². The number of nitrogens with one attached hydrogen (secondary N) is 2. The van der Waals surface area contributed by atoms with Crippen molar-refractivity contribution < 1.29 is 14.3 Å². The summed E-state index contributed by atoms with van der Waals surface area (Å²) >= 11 is 6.13. The van der Waals surface area contributed by atoms with Crippen molar-refractivity contribution in [1.29, 1.82) is 0 Å². The van der Waals surface area contributed by atoms with Gasteiger partial charge >= 0.3 is 12.0 Å². The molecule has 2 aromatic rings. The molecule has 2 N–H and O–H groups in total. The molecule has 0 bridgehead atoms. The standard InChI is InChI=1S/C22H22ClN3O3/c1-29-21(27)19-18(13-26-10-9-14-5-2-3-6-16(14)12-26)24-22(28)25-20(19)15-7-4-8-17(23)11-15/h2-8,11,20H,9-10,12-13H2,1H3,(H2,24,25,28)/t20-/m1/s1. The van der Waals surface area contributed by atoms with Crippen LogP contribution in [0.25, 0.3) is 0 Å². The Morgan fingerprint density at radius 1 is 1.21 bits per heavy atom. The number of fused-ring (bicyclic) bond motifs is 1. The zero-order valence-corrected chi connectivity index (χ0v) is 16.8. The summed E-state index contributed by atoms with van der Waals surface area (Å²) in [6.07, 6.45) is 0.931. The van der Waals surface area contributed by atoms with Crippen molar-refractivity contribution >= 4 is 23.6 Å². The van der Waals surface area contributed by atoms with Crippen LogP contribution in [0.3, 0.4) is 0 Å². The van der Waals surface area contributed by atoms with Crippen LogP contribution in [-0.4, -0.2) is 37.1 Å². The smallest absolute Gasteiger partial charge is 0.338 e. The van der Waals surface area contributed by atoms with Crippen LogP contribution in [0.1, 0.15) is 22.7 Å². The van der Waals surface area contributed by atoms with Gasteiger partial charge < -0.3 is 15.4 Å². The highest BCUT2D eigenvalue weighted by Crippen LogP contribution is 2.30. The molecule has 2 amide bonds. The molecule has 0 unspecified atom stereocenters. The zero-order valence-electron chi connectivity index (χ0n) is 16.1. The van der Waals surface area contributed by atoms with Gasteiger partial charge in [-0.15, -0.1) is 0 Å². The van der Waals surface area contributed by atoms with Gasteiger partial charge in [0.2, 0.25) is 0 Å². The van der Waals surface area contributed by atoms with Gasteiger partial charge in [-0.05, 0) is 35.2 Å². The van der Waals surface area contributed by atoms with Crippen molar-refractivity contribution in [3.05, 3.63) is 81.5 Å². The van der Waals surface area contributed by atoms with Crippen LogP contribution >= 0.6 is 11.6 Å². The third kappa shape index (κ3) is 4.13. The number of ether oxygens (including phenoxy) is 1. The summed E-state index contributed by atoms with van der Waals surface area (Å²) < 4.78 is 5.04. The monoisotopic (exact) mass is 411 g/mol. The van der Waals surface area contributed by atoms with Crippen LogP contribution in [0.15, 0.2) is 59.8 Å². The molecule has 150 valence electrons. The largest absolute Gasteiger partial charge is 0.466 e. The van der Waals surface area contributed by atoms with Gasteiger partial charge in [-0.25, -0.2) is 9.59 Å². The lowest BCUT2D eigenvalue weighted by Gasteiger charge is -2.34. The highest BCUT2D eigenvalue weighted by Gasteiger charge is 2.34. The number of urea groups is 1. The van der Waals surface area contributed by atoms with E-state index >= 15 is 0 Å². The van der Waals surface area contributed by atoms with E-state index in [0.717, 1.165) is 25.1 Å². The van der Waals surface area contributed by atoms with Crippen LogP contribution in [0.2, 0.25) is 5.02 Å². The third-order valence-electron chi connectivity index (χ3n) is 5.33. The molecular formula is C22H22ClN3O3. The molecule has 0 saturated heterocycles. The van der Waals surface area contributed by atoms with E-state index in [9.17, 15) is 9.59 Å². The molecule has 0 aliphatic carbocycles. The lowest BCUT2D eigenvalue weighted by atomic mass is 9.94. The molecule has 2 aliphatic rings. The maximum Gasteiger partial charge on any atom is 0.338 e. The van der Waals surface area contributed by atoms with E-state index in [1.54, 1.807) is 18.2 Å². The average Bonchev–Trinajstić information content (AvgIpc) is 2.73. The minimum Gasteiger partial charge on any atom is -0.466 e. The Labute approximate surface area is 174 Å². The second kappa shape index (κ2) is 8.27. The minimum absolute atomic E-state index is 0.352. The molecule has 2 heterocycles. The molecule has 2 aliphatic heterocycles. The van der Waals surface area contributed by atoms with E-state index < -0.39 is 12.0 Å². The molecule has 4 rings (SSSR count). The Bertz CT molecular complexity index is 989. The van der Waals surface area contributed by atoms with E-state index in [0.29, 0.717) is 22.8 Å². The first kappa shape index (κ1) is 19.5. The number of hydrogen-bond donors (Lipinski definition) is 2. The molecule has 0 radical (unpaired) electrons. The van der Waals surface area contributed by atoms with Gasteiger partial charge in [0.15, 0.2) is 0 Å².